The number of aromatic nitrogens is 2. The lowest BCUT2D eigenvalue weighted by molar-refractivity contribution is -0.146. The van der Waals surface area contributed by atoms with Gasteiger partial charge in [0, 0.05) is 12.2 Å². The minimum Gasteiger partial charge on any atom is -0.480 e. The van der Waals surface area contributed by atoms with Gasteiger partial charge in [0.05, 0.1) is 0 Å². The highest BCUT2D eigenvalue weighted by atomic mass is 32.2. The summed E-state index contributed by atoms with van der Waals surface area (Å²) in [5.41, 5.74) is -0.717. The highest BCUT2D eigenvalue weighted by Crippen LogP contribution is 2.39. The molecule has 21 heavy (non-hydrogen) atoms. The fourth-order valence-electron chi connectivity index (χ4n) is 3.10. The molecule has 0 bridgehead atoms. The SMILES string of the molecule is CCNC1(C(=O)O)CCCC1CCSc1nc(CC)ns1. The van der Waals surface area contributed by atoms with Gasteiger partial charge < -0.3 is 10.4 Å². The third-order valence-corrected chi connectivity index (χ3v) is 6.06. The van der Waals surface area contributed by atoms with E-state index in [2.05, 4.69) is 14.7 Å². The second-order valence-corrected chi connectivity index (χ2v) is 7.46. The fourth-order valence-corrected chi connectivity index (χ4v) is 4.92. The minimum atomic E-state index is -0.717. The molecule has 2 atom stereocenters. The second-order valence-electron chi connectivity index (χ2n) is 5.36. The predicted molar refractivity (Wildman–Crippen MR) is 86.0 cm³/mol. The number of thioether (sulfide) groups is 1. The summed E-state index contributed by atoms with van der Waals surface area (Å²) >= 11 is 3.14. The number of nitrogens with zero attached hydrogens (tertiary/aromatic N) is 2. The van der Waals surface area contributed by atoms with E-state index < -0.39 is 11.5 Å². The molecule has 5 nitrogen and oxygen atoms in total. The molecule has 118 valence electrons. The maximum atomic E-state index is 11.7. The quantitative estimate of drug-likeness (QED) is 0.714. The standard InChI is InChI=1S/C14H23N3O2S2/c1-3-11-16-13(21-17-11)20-9-7-10-6-5-8-14(10,12(18)19)15-4-2/h10,15H,3-9H2,1-2H3,(H,18,19). The summed E-state index contributed by atoms with van der Waals surface area (Å²) in [6.45, 7) is 4.72. The van der Waals surface area contributed by atoms with Crippen LogP contribution in [0.3, 0.4) is 0 Å². The largest absolute Gasteiger partial charge is 0.480 e. The number of likely N-dealkylation sites (N-methyl/N-ethyl adjacent to an activating group) is 1. The molecule has 0 aromatic carbocycles. The Balaban J connectivity index is 1.90. The molecule has 0 aliphatic heterocycles. The van der Waals surface area contributed by atoms with E-state index in [0.29, 0.717) is 6.54 Å². The van der Waals surface area contributed by atoms with Crippen LogP contribution >= 0.6 is 23.3 Å². The van der Waals surface area contributed by atoms with Crippen LogP contribution in [0, 0.1) is 5.92 Å². The molecule has 2 N–H and O–H groups in total. The van der Waals surface area contributed by atoms with Crippen LogP contribution in [-0.4, -0.2) is 38.3 Å². The maximum absolute atomic E-state index is 11.7. The van der Waals surface area contributed by atoms with Crippen molar-refractivity contribution in [3.8, 4) is 0 Å². The first-order valence-electron chi connectivity index (χ1n) is 7.56. The Morgan fingerprint density at radius 1 is 1.57 bits per heavy atom. The Morgan fingerprint density at radius 3 is 3.00 bits per heavy atom. The topological polar surface area (TPSA) is 75.1 Å². The van der Waals surface area contributed by atoms with Crippen LogP contribution in [0.4, 0.5) is 0 Å². The molecule has 7 heteroatoms. The molecular formula is C14H23N3O2S2. The fraction of sp³-hybridized carbons (Fsp3) is 0.786. The third-order valence-electron chi connectivity index (χ3n) is 4.15. The van der Waals surface area contributed by atoms with Gasteiger partial charge in [-0.15, -0.1) is 0 Å². The summed E-state index contributed by atoms with van der Waals surface area (Å²) in [5, 5.41) is 12.9. The first-order valence-corrected chi connectivity index (χ1v) is 9.32. The summed E-state index contributed by atoms with van der Waals surface area (Å²) in [6.07, 6.45) is 4.50. The van der Waals surface area contributed by atoms with Crippen LogP contribution in [0.2, 0.25) is 0 Å². The summed E-state index contributed by atoms with van der Waals surface area (Å²) in [4.78, 5) is 16.1. The van der Waals surface area contributed by atoms with Crippen molar-refractivity contribution in [2.24, 2.45) is 5.92 Å². The molecule has 1 aliphatic carbocycles. The predicted octanol–water partition coefficient (Wildman–Crippen LogP) is 2.82. The molecule has 0 amide bonds. The monoisotopic (exact) mass is 329 g/mol. The van der Waals surface area contributed by atoms with E-state index >= 15 is 0 Å². The summed E-state index contributed by atoms with van der Waals surface area (Å²) in [5.74, 6) is 1.32. The van der Waals surface area contributed by atoms with Crippen LogP contribution in [-0.2, 0) is 11.2 Å². The highest BCUT2D eigenvalue weighted by molar-refractivity contribution is 8.00. The Labute approximate surface area is 134 Å². The van der Waals surface area contributed by atoms with Crippen LogP contribution in [0.15, 0.2) is 4.34 Å². The molecule has 1 fully saturated rings. The maximum Gasteiger partial charge on any atom is 0.324 e. The van der Waals surface area contributed by atoms with Gasteiger partial charge in [-0.1, -0.05) is 32.0 Å². The highest BCUT2D eigenvalue weighted by Gasteiger charge is 2.48. The normalized spacial score (nSPS) is 25.3. The number of aliphatic carboxylic acids is 1. The lowest BCUT2D eigenvalue weighted by Gasteiger charge is -2.32. The Kier molecular flexibility index (Phi) is 6.01. The Bertz CT molecular complexity index is 481. The van der Waals surface area contributed by atoms with E-state index in [1.807, 2.05) is 13.8 Å². The van der Waals surface area contributed by atoms with Gasteiger partial charge >= 0.3 is 5.97 Å². The molecule has 1 aliphatic rings. The van der Waals surface area contributed by atoms with E-state index in [1.54, 1.807) is 11.8 Å². The van der Waals surface area contributed by atoms with Crippen molar-refractivity contribution in [3.05, 3.63) is 5.82 Å². The molecule has 1 aromatic rings. The van der Waals surface area contributed by atoms with Crippen molar-refractivity contribution >= 4 is 29.3 Å². The number of nitrogens with one attached hydrogen (secondary N) is 1. The van der Waals surface area contributed by atoms with Crippen molar-refractivity contribution in [3.63, 3.8) is 0 Å². The van der Waals surface area contributed by atoms with Gasteiger partial charge in [-0.2, -0.15) is 4.37 Å². The first-order chi connectivity index (χ1) is 10.1. The summed E-state index contributed by atoms with van der Waals surface area (Å²) in [7, 11) is 0. The zero-order valence-corrected chi connectivity index (χ0v) is 14.2. The lowest BCUT2D eigenvalue weighted by Crippen LogP contribution is -2.54. The zero-order chi connectivity index (χ0) is 15.3. The van der Waals surface area contributed by atoms with Crippen LogP contribution in [0.25, 0.3) is 0 Å². The van der Waals surface area contributed by atoms with Crippen LogP contribution < -0.4 is 5.32 Å². The second kappa shape index (κ2) is 7.56. The number of carboxylic acids is 1. The third kappa shape index (κ3) is 3.76. The minimum absolute atomic E-state index is 0.209. The number of hydrogen-bond acceptors (Lipinski definition) is 6. The zero-order valence-electron chi connectivity index (χ0n) is 12.6. The molecule has 1 heterocycles. The van der Waals surface area contributed by atoms with Crippen molar-refractivity contribution in [2.75, 3.05) is 12.3 Å². The van der Waals surface area contributed by atoms with E-state index in [-0.39, 0.29) is 5.92 Å². The van der Waals surface area contributed by atoms with Crippen molar-refractivity contribution in [2.45, 2.75) is 55.8 Å². The van der Waals surface area contributed by atoms with Gasteiger partial charge in [0.2, 0.25) is 0 Å². The molecule has 1 aromatic heterocycles. The van der Waals surface area contributed by atoms with E-state index in [1.165, 1.54) is 11.5 Å². The van der Waals surface area contributed by atoms with Gasteiger partial charge in [0.25, 0.3) is 0 Å². The number of carboxylic acid groups (broad SMARTS) is 1. The summed E-state index contributed by atoms with van der Waals surface area (Å²) < 4.78 is 5.27. The molecule has 0 saturated heterocycles. The van der Waals surface area contributed by atoms with Gasteiger partial charge in [-0.25, -0.2) is 4.98 Å². The number of rotatable bonds is 8. The van der Waals surface area contributed by atoms with Crippen molar-refractivity contribution in [1.29, 1.82) is 0 Å². The molecule has 0 radical (unpaired) electrons. The van der Waals surface area contributed by atoms with Gasteiger partial charge in [-0.05, 0) is 43.3 Å². The Morgan fingerprint density at radius 2 is 2.38 bits per heavy atom. The van der Waals surface area contributed by atoms with E-state index in [0.717, 1.165) is 48.0 Å². The molecule has 2 unspecified atom stereocenters. The van der Waals surface area contributed by atoms with Gasteiger partial charge in [-0.3, -0.25) is 4.79 Å². The van der Waals surface area contributed by atoms with Crippen molar-refractivity contribution in [1.82, 2.24) is 14.7 Å². The van der Waals surface area contributed by atoms with Gasteiger partial charge in [0.15, 0.2) is 4.34 Å². The van der Waals surface area contributed by atoms with E-state index in [9.17, 15) is 9.90 Å². The Hall–Kier alpha value is -0.660. The molecule has 2 rings (SSSR count). The molecular weight excluding hydrogens is 306 g/mol. The number of aryl methyl sites for hydroxylation is 1. The summed E-state index contributed by atoms with van der Waals surface area (Å²) in [6, 6.07) is 0. The average Bonchev–Trinajstić information content (AvgIpc) is 3.07. The van der Waals surface area contributed by atoms with Crippen LogP contribution in [0.1, 0.15) is 45.4 Å². The lowest BCUT2D eigenvalue weighted by atomic mass is 9.85. The first kappa shape index (κ1) is 16.7. The number of hydrogen-bond donors (Lipinski definition) is 2. The average molecular weight is 329 g/mol. The van der Waals surface area contributed by atoms with Gasteiger partial charge in [0.1, 0.15) is 11.4 Å². The van der Waals surface area contributed by atoms with Crippen LogP contribution in [0.5, 0.6) is 0 Å². The molecule has 1 saturated carbocycles. The smallest absolute Gasteiger partial charge is 0.324 e. The van der Waals surface area contributed by atoms with E-state index in [4.69, 9.17) is 0 Å². The van der Waals surface area contributed by atoms with Crippen molar-refractivity contribution < 1.29 is 9.90 Å². The number of carbonyl (C=O) groups is 1. The molecule has 0 spiro atoms.